The van der Waals surface area contributed by atoms with Crippen molar-refractivity contribution in [1.29, 1.82) is 0 Å². The van der Waals surface area contributed by atoms with Crippen molar-refractivity contribution in [2.45, 2.75) is 0 Å². The number of ether oxygens (including phenoxy) is 1. The van der Waals surface area contributed by atoms with Gasteiger partial charge in [0.25, 0.3) is 0 Å². The van der Waals surface area contributed by atoms with Crippen molar-refractivity contribution in [2.24, 2.45) is 0 Å². The van der Waals surface area contributed by atoms with Crippen LogP contribution in [0.3, 0.4) is 0 Å². The van der Waals surface area contributed by atoms with Crippen molar-refractivity contribution in [1.82, 2.24) is 10.4 Å². The van der Waals surface area contributed by atoms with Crippen LogP contribution in [0.1, 0.15) is 0 Å². The van der Waals surface area contributed by atoms with Gasteiger partial charge >= 0.3 is 0 Å². The van der Waals surface area contributed by atoms with Crippen molar-refractivity contribution in [3.8, 4) is 0 Å². The molecule has 0 saturated carbocycles. The van der Waals surface area contributed by atoms with Crippen LogP contribution in [-0.2, 0) is 4.74 Å². The average Bonchev–Trinajstić information content (AvgIpc) is 1.66. The molecule has 0 spiro atoms. The van der Waals surface area contributed by atoms with Crippen LogP contribution in [0.4, 0.5) is 0 Å². The summed E-state index contributed by atoms with van der Waals surface area (Å²) in [5.41, 5.74) is 3.05. The number of hydrogen-bond acceptors (Lipinski definition) is 3. The third-order valence-electron chi connectivity index (χ3n) is 0.734. The number of nitrogens with one attached hydrogen (secondary N) is 1. The minimum atomic E-state index is 0.762. The second-order valence-electron chi connectivity index (χ2n) is 1.80. The molecule has 0 aliphatic rings. The first kappa shape index (κ1) is 7.88. The van der Waals surface area contributed by atoms with Gasteiger partial charge in [0.1, 0.15) is 0 Å². The molecule has 3 nitrogen and oxygen atoms in total. The monoisotopic (exact) mass is 118 g/mol. The minimum absolute atomic E-state index is 0.762. The van der Waals surface area contributed by atoms with Crippen molar-refractivity contribution < 1.29 is 4.74 Å². The maximum absolute atomic E-state index is 4.80. The summed E-state index contributed by atoms with van der Waals surface area (Å²) < 4.78 is 4.80. The summed E-state index contributed by atoms with van der Waals surface area (Å²) in [6.45, 7) is 1.64. The maximum atomic E-state index is 4.80. The summed E-state index contributed by atoms with van der Waals surface area (Å²) in [6.07, 6.45) is 0. The molecule has 0 radical (unpaired) electrons. The van der Waals surface area contributed by atoms with E-state index in [1.807, 2.05) is 19.1 Å². The topological polar surface area (TPSA) is 24.5 Å². The molecule has 3 heteroatoms. The highest BCUT2D eigenvalue weighted by molar-refractivity contribution is 4.34. The predicted molar refractivity (Wildman–Crippen MR) is 33.6 cm³/mol. The van der Waals surface area contributed by atoms with Crippen LogP contribution in [0.2, 0.25) is 0 Å². The molecule has 0 aliphatic heterocycles. The van der Waals surface area contributed by atoms with E-state index in [1.54, 1.807) is 7.11 Å². The largest absolute Gasteiger partial charge is 0.383 e. The standard InChI is InChI=1S/C5H14N2O/c1-7(2)6-4-5-8-3/h6H,4-5H2,1-3H3. The van der Waals surface area contributed by atoms with E-state index < -0.39 is 0 Å². The van der Waals surface area contributed by atoms with E-state index in [4.69, 9.17) is 4.74 Å². The molecule has 0 heterocycles. The van der Waals surface area contributed by atoms with Crippen LogP contribution in [0, 0.1) is 0 Å². The Morgan fingerprint density at radius 3 is 2.50 bits per heavy atom. The highest BCUT2D eigenvalue weighted by Gasteiger charge is 1.83. The predicted octanol–water partition coefficient (Wildman–Crippen LogP) is -0.301. The van der Waals surface area contributed by atoms with Gasteiger partial charge in [0.05, 0.1) is 6.61 Å². The van der Waals surface area contributed by atoms with Gasteiger partial charge < -0.3 is 4.74 Å². The Morgan fingerprint density at radius 1 is 1.50 bits per heavy atom. The lowest BCUT2D eigenvalue weighted by Gasteiger charge is -2.09. The molecule has 0 unspecified atom stereocenters. The Morgan fingerprint density at radius 2 is 2.12 bits per heavy atom. The highest BCUT2D eigenvalue weighted by atomic mass is 16.5. The number of methoxy groups -OCH3 is 1. The van der Waals surface area contributed by atoms with E-state index in [9.17, 15) is 0 Å². The third kappa shape index (κ3) is 5.88. The van der Waals surface area contributed by atoms with E-state index in [2.05, 4.69) is 5.43 Å². The number of hydrazine groups is 1. The summed E-state index contributed by atoms with van der Waals surface area (Å²) in [6, 6.07) is 0. The van der Waals surface area contributed by atoms with Gasteiger partial charge in [-0.25, -0.2) is 0 Å². The van der Waals surface area contributed by atoms with Gasteiger partial charge in [-0.1, -0.05) is 0 Å². The summed E-state index contributed by atoms with van der Waals surface area (Å²) in [7, 11) is 5.60. The Bertz CT molecular complexity index is 47.7. The molecule has 1 N–H and O–H groups in total. The van der Waals surface area contributed by atoms with Crippen LogP contribution in [0.5, 0.6) is 0 Å². The Labute approximate surface area is 50.6 Å². The van der Waals surface area contributed by atoms with Crippen LogP contribution < -0.4 is 5.43 Å². The van der Waals surface area contributed by atoms with Crippen LogP contribution in [-0.4, -0.2) is 39.4 Å². The Hall–Kier alpha value is -0.120. The molecular formula is C5H14N2O. The second kappa shape index (κ2) is 5.03. The Balaban J connectivity index is 2.72. The molecule has 0 rings (SSSR count). The number of nitrogens with zero attached hydrogens (tertiary/aromatic N) is 1. The van der Waals surface area contributed by atoms with Crippen LogP contribution >= 0.6 is 0 Å². The van der Waals surface area contributed by atoms with Crippen molar-refractivity contribution in [3.63, 3.8) is 0 Å². The Kier molecular flexibility index (Phi) is 4.95. The molecule has 0 aliphatic carbocycles. The molecule has 0 bridgehead atoms. The summed E-state index contributed by atoms with van der Waals surface area (Å²) in [5.74, 6) is 0. The van der Waals surface area contributed by atoms with Gasteiger partial charge in [-0.15, -0.1) is 0 Å². The fourth-order valence-corrected chi connectivity index (χ4v) is 0.371. The molecule has 50 valence electrons. The smallest absolute Gasteiger partial charge is 0.0601 e. The molecule has 8 heavy (non-hydrogen) atoms. The first-order valence-electron chi connectivity index (χ1n) is 2.67. The number of rotatable bonds is 4. The second-order valence-corrected chi connectivity index (χ2v) is 1.80. The fourth-order valence-electron chi connectivity index (χ4n) is 0.371. The van der Waals surface area contributed by atoms with Crippen molar-refractivity contribution in [3.05, 3.63) is 0 Å². The number of hydrogen-bond donors (Lipinski definition) is 1. The molecule has 0 fully saturated rings. The normalized spacial score (nSPS) is 10.5. The van der Waals surface area contributed by atoms with Gasteiger partial charge in [0, 0.05) is 27.7 Å². The summed E-state index contributed by atoms with van der Waals surface area (Å²) in [4.78, 5) is 0. The lowest BCUT2D eigenvalue weighted by atomic mass is 10.7. The molecule has 0 aromatic carbocycles. The SMILES string of the molecule is COCCNN(C)C. The molecule has 0 amide bonds. The van der Waals surface area contributed by atoms with Crippen LogP contribution in [0.25, 0.3) is 0 Å². The third-order valence-corrected chi connectivity index (χ3v) is 0.734. The first-order valence-corrected chi connectivity index (χ1v) is 2.67. The molecule has 0 aromatic rings. The maximum Gasteiger partial charge on any atom is 0.0601 e. The van der Waals surface area contributed by atoms with Gasteiger partial charge in [-0.05, 0) is 0 Å². The lowest BCUT2D eigenvalue weighted by molar-refractivity contribution is 0.171. The van der Waals surface area contributed by atoms with E-state index >= 15 is 0 Å². The molecule has 0 aromatic heterocycles. The summed E-state index contributed by atoms with van der Waals surface area (Å²) in [5, 5.41) is 1.90. The van der Waals surface area contributed by atoms with Crippen molar-refractivity contribution in [2.75, 3.05) is 34.4 Å². The molecule has 0 atom stereocenters. The lowest BCUT2D eigenvalue weighted by Crippen LogP contribution is -2.32. The highest BCUT2D eigenvalue weighted by Crippen LogP contribution is 1.64. The summed E-state index contributed by atoms with van der Waals surface area (Å²) >= 11 is 0. The van der Waals surface area contributed by atoms with E-state index in [1.165, 1.54) is 0 Å². The first-order chi connectivity index (χ1) is 3.77. The van der Waals surface area contributed by atoms with E-state index in [0.717, 1.165) is 13.2 Å². The average molecular weight is 118 g/mol. The van der Waals surface area contributed by atoms with Gasteiger partial charge in [0.15, 0.2) is 0 Å². The molecule has 0 saturated heterocycles. The van der Waals surface area contributed by atoms with E-state index in [0.29, 0.717) is 0 Å². The molecular weight excluding hydrogens is 104 g/mol. The zero-order valence-corrected chi connectivity index (χ0v) is 5.77. The zero-order valence-electron chi connectivity index (χ0n) is 5.77. The fraction of sp³-hybridized carbons (Fsp3) is 1.00. The van der Waals surface area contributed by atoms with Gasteiger partial charge in [-0.2, -0.15) is 0 Å². The van der Waals surface area contributed by atoms with Gasteiger partial charge in [0.2, 0.25) is 0 Å². The van der Waals surface area contributed by atoms with Gasteiger partial charge in [-0.3, -0.25) is 10.4 Å². The minimum Gasteiger partial charge on any atom is -0.383 e. The quantitative estimate of drug-likeness (QED) is 0.405. The van der Waals surface area contributed by atoms with E-state index in [-0.39, 0.29) is 0 Å². The van der Waals surface area contributed by atoms with Crippen molar-refractivity contribution >= 4 is 0 Å². The van der Waals surface area contributed by atoms with Crippen LogP contribution in [0.15, 0.2) is 0 Å². The zero-order chi connectivity index (χ0) is 6.41.